The Morgan fingerprint density at radius 3 is 2.58 bits per heavy atom. The minimum Gasteiger partial charge on any atom is -0.359 e. The van der Waals surface area contributed by atoms with Crippen LogP contribution in [0.25, 0.3) is 11.1 Å². The van der Waals surface area contributed by atoms with Crippen molar-refractivity contribution in [3.63, 3.8) is 0 Å². The molecule has 6 nitrogen and oxygen atoms in total. The molecule has 1 unspecified atom stereocenters. The SMILES string of the molecule is CNC(=O)C1(Cc2ccccc2-c2ccncc2)CCCN(C(=O)c2cccnc2)C1. The van der Waals surface area contributed by atoms with E-state index < -0.39 is 5.41 Å². The molecule has 2 amide bonds. The van der Waals surface area contributed by atoms with Crippen LogP contribution in [-0.2, 0) is 11.2 Å². The molecule has 6 heteroatoms. The van der Waals surface area contributed by atoms with Crippen molar-refractivity contribution in [3.8, 4) is 11.1 Å². The molecule has 1 aromatic carbocycles. The van der Waals surface area contributed by atoms with E-state index in [1.807, 2.05) is 24.3 Å². The number of aromatic nitrogens is 2. The summed E-state index contributed by atoms with van der Waals surface area (Å²) in [5, 5.41) is 2.86. The molecule has 1 fully saturated rings. The molecule has 2 aromatic heterocycles. The quantitative estimate of drug-likeness (QED) is 0.695. The lowest BCUT2D eigenvalue weighted by molar-refractivity contribution is -0.133. The maximum Gasteiger partial charge on any atom is 0.255 e. The van der Waals surface area contributed by atoms with Gasteiger partial charge in [0.15, 0.2) is 0 Å². The van der Waals surface area contributed by atoms with Crippen molar-refractivity contribution in [2.45, 2.75) is 19.3 Å². The number of hydrogen-bond donors (Lipinski definition) is 1. The first-order chi connectivity index (χ1) is 15.1. The standard InChI is InChI=1S/C25H26N4O2/c1-26-24(31)25(11-5-15-29(18-25)23(30)21-7-4-12-28-17-21)16-20-6-2-3-8-22(20)19-9-13-27-14-10-19/h2-4,6-10,12-14,17H,5,11,15-16,18H2,1H3,(H,26,31). The van der Waals surface area contributed by atoms with Gasteiger partial charge in [-0.15, -0.1) is 0 Å². The van der Waals surface area contributed by atoms with E-state index in [9.17, 15) is 9.59 Å². The molecule has 31 heavy (non-hydrogen) atoms. The van der Waals surface area contributed by atoms with Crippen LogP contribution in [0.1, 0.15) is 28.8 Å². The van der Waals surface area contributed by atoms with Gasteiger partial charge >= 0.3 is 0 Å². The van der Waals surface area contributed by atoms with Crippen LogP contribution in [0, 0.1) is 5.41 Å². The van der Waals surface area contributed by atoms with Crippen molar-refractivity contribution in [2.24, 2.45) is 5.41 Å². The van der Waals surface area contributed by atoms with Crippen LogP contribution < -0.4 is 5.32 Å². The third-order valence-electron chi connectivity index (χ3n) is 6.02. The third-order valence-corrected chi connectivity index (χ3v) is 6.02. The Kier molecular flexibility index (Phi) is 6.07. The number of amides is 2. The Bertz CT molecular complexity index is 1060. The molecule has 1 aliphatic rings. The van der Waals surface area contributed by atoms with Gasteiger partial charge in [-0.3, -0.25) is 19.6 Å². The molecule has 158 valence electrons. The predicted molar refractivity (Wildman–Crippen MR) is 119 cm³/mol. The van der Waals surface area contributed by atoms with Crippen LogP contribution in [-0.4, -0.2) is 46.8 Å². The summed E-state index contributed by atoms with van der Waals surface area (Å²) in [6.45, 7) is 1.02. The van der Waals surface area contributed by atoms with Gasteiger partial charge in [0.2, 0.25) is 5.91 Å². The highest BCUT2D eigenvalue weighted by molar-refractivity contribution is 5.94. The van der Waals surface area contributed by atoms with E-state index in [4.69, 9.17) is 0 Å². The van der Waals surface area contributed by atoms with E-state index >= 15 is 0 Å². The zero-order valence-electron chi connectivity index (χ0n) is 17.6. The van der Waals surface area contributed by atoms with Crippen molar-refractivity contribution in [3.05, 3.63) is 84.4 Å². The molecular formula is C25H26N4O2. The topological polar surface area (TPSA) is 75.2 Å². The third kappa shape index (κ3) is 4.33. The second-order valence-electron chi connectivity index (χ2n) is 8.00. The molecule has 0 bridgehead atoms. The fraction of sp³-hybridized carbons (Fsp3) is 0.280. The summed E-state index contributed by atoms with van der Waals surface area (Å²) in [7, 11) is 1.67. The number of pyridine rings is 2. The molecule has 4 rings (SSSR count). The fourth-order valence-corrected chi connectivity index (χ4v) is 4.50. The lowest BCUT2D eigenvalue weighted by Gasteiger charge is -2.42. The van der Waals surface area contributed by atoms with Gasteiger partial charge in [0.25, 0.3) is 5.91 Å². The Hall–Kier alpha value is -3.54. The molecule has 0 spiro atoms. The highest BCUT2D eigenvalue weighted by Crippen LogP contribution is 2.37. The first kappa shape index (κ1) is 20.7. The van der Waals surface area contributed by atoms with Crippen molar-refractivity contribution in [1.29, 1.82) is 0 Å². The average Bonchev–Trinajstić information content (AvgIpc) is 2.84. The first-order valence-corrected chi connectivity index (χ1v) is 10.5. The molecule has 0 radical (unpaired) electrons. The number of carbonyl (C=O) groups excluding carboxylic acids is 2. The van der Waals surface area contributed by atoms with E-state index in [-0.39, 0.29) is 11.8 Å². The van der Waals surface area contributed by atoms with Crippen LogP contribution in [0.15, 0.2) is 73.3 Å². The van der Waals surface area contributed by atoms with Gasteiger partial charge in [0.05, 0.1) is 11.0 Å². The summed E-state index contributed by atoms with van der Waals surface area (Å²) in [6.07, 6.45) is 8.84. The van der Waals surface area contributed by atoms with Crippen LogP contribution >= 0.6 is 0 Å². The lowest BCUT2D eigenvalue weighted by Crippen LogP contribution is -2.54. The zero-order chi connectivity index (χ0) is 21.7. The monoisotopic (exact) mass is 414 g/mol. The van der Waals surface area contributed by atoms with Gasteiger partial charge in [0.1, 0.15) is 0 Å². The van der Waals surface area contributed by atoms with Crippen LogP contribution in [0.4, 0.5) is 0 Å². The Labute approximate surface area is 182 Å². The molecular weight excluding hydrogens is 388 g/mol. The Balaban J connectivity index is 1.67. The van der Waals surface area contributed by atoms with Gasteiger partial charge < -0.3 is 10.2 Å². The number of piperidine rings is 1. The van der Waals surface area contributed by atoms with E-state index in [0.717, 1.165) is 29.5 Å². The summed E-state index contributed by atoms with van der Waals surface area (Å²) in [5.74, 6) is -0.107. The van der Waals surface area contributed by atoms with E-state index in [0.29, 0.717) is 25.1 Å². The summed E-state index contributed by atoms with van der Waals surface area (Å²) in [4.78, 5) is 36.2. The van der Waals surface area contributed by atoms with E-state index in [1.54, 1.807) is 48.9 Å². The summed E-state index contributed by atoms with van der Waals surface area (Å²) < 4.78 is 0. The number of likely N-dealkylation sites (tertiary alicyclic amines) is 1. The summed E-state index contributed by atoms with van der Waals surface area (Å²) in [6, 6.07) is 15.6. The van der Waals surface area contributed by atoms with Crippen molar-refractivity contribution >= 4 is 11.8 Å². The first-order valence-electron chi connectivity index (χ1n) is 10.5. The highest BCUT2D eigenvalue weighted by Gasteiger charge is 2.43. The number of benzene rings is 1. The van der Waals surface area contributed by atoms with E-state index in [1.165, 1.54) is 0 Å². The maximum atomic E-state index is 13.2. The molecule has 1 saturated heterocycles. The van der Waals surface area contributed by atoms with E-state index in [2.05, 4.69) is 27.4 Å². The lowest BCUT2D eigenvalue weighted by atomic mass is 9.73. The molecule has 1 N–H and O–H groups in total. The number of nitrogens with one attached hydrogen (secondary N) is 1. The summed E-state index contributed by atoms with van der Waals surface area (Å²) in [5.41, 5.74) is 3.11. The zero-order valence-corrected chi connectivity index (χ0v) is 17.6. The largest absolute Gasteiger partial charge is 0.359 e. The molecule has 3 aromatic rings. The highest BCUT2D eigenvalue weighted by atomic mass is 16.2. The van der Waals surface area contributed by atoms with Gasteiger partial charge in [-0.05, 0) is 60.2 Å². The second-order valence-corrected chi connectivity index (χ2v) is 8.00. The number of hydrogen-bond acceptors (Lipinski definition) is 4. The molecule has 3 heterocycles. The average molecular weight is 415 g/mol. The smallest absolute Gasteiger partial charge is 0.255 e. The Morgan fingerprint density at radius 2 is 1.84 bits per heavy atom. The molecule has 1 aliphatic heterocycles. The maximum absolute atomic E-state index is 13.2. The van der Waals surface area contributed by atoms with Gasteiger partial charge in [-0.2, -0.15) is 0 Å². The molecule has 0 aliphatic carbocycles. The minimum absolute atomic E-state index is 0.0271. The molecule has 0 saturated carbocycles. The number of nitrogens with zero attached hydrogens (tertiary/aromatic N) is 3. The van der Waals surface area contributed by atoms with Crippen LogP contribution in [0.3, 0.4) is 0 Å². The van der Waals surface area contributed by atoms with Crippen molar-refractivity contribution in [1.82, 2.24) is 20.2 Å². The van der Waals surface area contributed by atoms with Crippen LogP contribution in [0.2, 0.25) is 0 Å². The second kappa shape index (κ2) is 9.08. The van der Waals surface area contributed by atoms with Crippen molar-refractivity contribution < 1.29 is 9.59 Å². The number of carbonyl (C=O) groups is 2. The summed E-state index contributed by atoms with van der Waals surface area (Å²) >= 11 is 0. The van der Waals surface area contributed by atoms with Gasteiger partial charge in [-0.25, -0.2) is 0 Å². The van der Waals surface area contributed by atoms with Crippen LogP contribution in [0.5, 0.6) is 0 Å². The normalized spacial score (nSPS) is 18.4. The predicted octanol–water partition coefficient (Wildman–Crippen LogP) is 3.35. The van der Waals surface area contributed by atoms with Crippen molar-refractivity contribution in [2.75, 3.05) is 20.1 Å². The number of rotatable bonds is 5. The minimum atomic E-state index is -0.687. The molecule has 1 atom stereocenters. The fourth-order valence-electron chi connectivity index (χ4n) is 4.50. The van der Waals surface area contributed by atoms with Gasteiger partial charge in [0, 0.05) is 44.9 Å². The van der Waals surface area contributed by atoms with Gasteiger partial charge in [-0.1, -0.05) is 24.3 Å². The Morgan fingerprint density at radius 1 is 1.03 bits per heavy atom.